The SMILES string of the molecule is CC(C)CNC(=O)/C(C#N)=C\NCCCN1CCOCC1. The van der Waals surface area contributed by atoms with Crippen LogP contribution < -0.4 is 10.6 Å². The van der Waals surface area contributed by atoms with E-state index in [2.05, 4.69) is 15.5 Å². The summed E-state index contributed by atoms with van der Waals surface area (Å²) in [5.74, 6) is 0.0576. The van der Waals surface area contributed by atoms with Crippen LogP contribution in [-0.2, 0) is 9.53 Å². The predicted octanol–water partition coefficient (Wildman–Crippen LogP) is 0.478. The molecule has 1 fully saturated rings. The number of morpholine rings is 1. The van der Waals surface area contributed by atoms with Crippen molar-refractivity contribution >= 4 is 5.91 Å². The van der Waals surface area contributed by atoms with Crippen LogP contribution >= 0.6 is 0 Å². The van der Waals surface area contributed by atoms with Gasteiger partial charge in [0, 0.05) is 32.4 Å². The van der Waals surface area contributed by atoms with E-state index in [1.165, 1.54) is 6.20 Å². The van der Waals surface area contributed by atoms with Crippen molar-refractivity contribution in [3.8, 4) is 6.07 Å². The highest BCUT2D eigenvalue weighted by molar-refractivity contribution is 5.97. The Kier molecular flexibility index (Phi) is 8.48. The number of amides is 1. The smallest absolute Gasteiger partial charge is 0.263 e. The number of ether oxygens (including phenoxy) is 1. The lowest BCUT2D eigenvalue weighted by atomic mass is 10.2. The molecule has 1 aliphatic heterocycles. The van der Waals surface area contributed by atoms with Crippen molar-refractivity contribution in [1.29, 1.82) is 5.26 Å². The molecule has 118 valence electrons. The second-order valence-electron chi connectivity index (χ2n) is 5.54. The largest absolute Gasteiger partial charge is 0.390 e. The Bertz CT molecular complexity index is 382. The summed E-state index contributed by atoms with van der Waals surface area (Å²) in [4.78, 5) is 14.1. The first kappa shape index (κ1) is 17.5. The summed E-state index contributed by atoms with van der Waals surface area (Å²) >= 11 is 0. The molecule has 21 heavy (non-hydrogen) atoms. The van der Waals surface area contributed by atoms with Crippen LogP contribution in [0.4, 0.5) is 0 Å². The number of nitriles is 1. The van der Waals surface area contributed by atoms with Crippen molar-refractivity contribution in [3.05, 3.63) is 11.8 Å². The van der Waals surface area contributed by atoms with Gasteiger partial charge in [-0.05, 0) is 18.9 Å². The molecule has 0 atom stereocenters. The first-order chi connectivity index (χ1) is 10.1. The van der Waals surface area contributed by atoms with Gasteiger partial charge >= 0.3 is 0 Å². The van der Waals surface area contributed by atoms with Gasteiger partial charge in [0.1, 0.15) is 11.6 Å². The van der Waals surface area contributed by atoms with Crippen LogP contribution in [-0.4, -0.2) is 56.7 Å². The summed E-state index contributed by atoms with van der Waals surface area (Å²) in [6.45, 7) is 9.94. The second kappa shape index (κ2) is 10.2. The Morgan fingerprint density at radius 3 is 2.76 bits per heavy atom. The summed E-state index contributed by atoms with van der Waals surface area (Å²) in [5.41, 5.74) is 0.127. The Morgan fingerprint density at radius 1 is 1.43 bits per heavy atom. The fourth-order valence-corrected chi connectivity index (χ4v) is 1.94. The summed E-state index contributed by atoms with van der Waals surface area (Å²) in [5, 5.41) is 14.8. The van der Waals surface area contributed by atoms with E-state index in [1.807, 2.05) is 19.9 Å². The summed E-state index contributed by atoms with van der Waals surface area (Å²) in [7, 11) is 0. The fourth-order valence-electron chi connectivity index (χ4n) is 1.94. The third kappa shape index (κ3) is 7.69. The summed E-state index contributed by atoms with van der Waals surface area (Å²) in [6, 6.07) is 1.93. The third-order valence-corrected chi connectivity index (χ3v) is 3.18. The van der Waals surface area contributed by atoms with Gasteiger partial charge in [0.15, 0.2) is 0 Å². The Hall–Kier alpha value is -1.58. The number of nitrogens with one attached hydrogen (secondary N) is 2. The van der Waals surface area contributed by atoms with Gasteiger partial charge in [-0.15, -0.1) is 0 Å². The van der Waals surface area contributed by atoms with E-state index in [1.54, 1.807) is 0 Å². The van der Waals surface area contributed by atoms with Crippen molar-refractivity contribution in [2.75, 3.05) is 45.9 Å². The predicted molar refractivity (Wildman–Crippen MR) is 81.4 cm³/mol. The van der Waals surface area contributed by atoms with Gasteiger partial charge in [0.2, 0.25) is 0 Å². The van der Waals surface area contributed by atoms with E-state index in [4.69, 9.17) is 10.00 Å². The highest BCUT2D eigenvalue weighted by Gasteiger charge is 2.10. The quantitative estimate of drug-likeness (QED) is 0.387. The monoisotopic (exact) mass is 294 g/mol. The van der Waals surface area contributed by atoms with Crippen molar-refractivity contribution in [2.45, 2.75) is 20.3 Å². The Labute approximate surface area is 127 Å². The van der Waals surface area contributed by atoms with Crippen molar-refractivity contribution in [1.82, 2.24) is 15.5 Å². The van der Waals surface area contributed by atoms with Crippen LogP contribution in [0.1, 0.15) is 20.3 Å². The van der Waals surface area contributed by atoms with Crippen LogP contribution in [0.5, 0.6) is 0 Å². The molecule has 0 aromatic rings. The van der Waals surface area contributed by atoms with Crippen LogP contribution in [0.25, 0.3) is 0 Å². The van der Waals surface area contributed by atoms with Crippen molar-refractivity contribution in [2.24, 2.45) is 5.92 Å². The maximum atomic E-state index is 11.7. The Balaban J connectivity index is 2.19. The van der Waals surface area contributed by atoms with Crippen molar-refractivity contribution < 1.29 is 9.53 Å². The minimum atomic E-state index is -0.313. The van der Waals surface area contributed by atoms with Crippen LogP contribution in [0.3, 0.4) is 0 Å². The molecule has 0 spiro atoms. The first-order valence-electron chi connectivity index (χ1n) is 7.55. The molecule has 0 saturated carbocycles. The third-order valence-electron chi connectivity index (χ3n) is 3.18. The van der Waals surface area contributed by atoms with Gasteiger partial charge in [-0.1, -0.05) is 13.8 Å². The van der Waals surface area contributed by atoms with E-state index < -0.39 is 0 Å². The number of carbonyl (C=O) groups is 1. The molecule has 0 bridgehead atoms. The molecule has 1 amide bonds. The molecule has 0 radical (unpaired) electrons. The van der Waals surface area contributed by atoms with E-state index in [9.17, 15) is 4.79 Å². The molecule has 0 aromatic carbocycles. The highest BCUT2D eigenvalue weighted by Crippen LogP contribution is 1.98. The number of rotatable bonds is 8. The van der Waals surface area contributed by atoms with Gasteiger partial charge in [-0.3, -0.25) is 9.69 Å². The van der Waals surface area contributed by atoms with E-state index >= 15 is 0 Å². The van der Waals surface area contributed by atoms with E-state index in [0.29, 0.717) is 12.5 Å². The molecule has 1 saturated heterocycles. The van der Waals surface area contributed by atoms with Crippen molar-refractivity contribution in [3.63, 3.8) is 0 Å². The molecule has 0 unspecified atom stereocenters. The minimum absolute atomic E-state index is 0.127. The average molecular weight is 294 g/mol. The number of nitrogens with zero attached hydrogens (tertiary/aromatic N) is 2. The lowest BCUT2D eigenvalue weighted by Gasteiger charge is -2.26. The fraction of sp³-hybridized carbons (Fsp3) is 0.733. The molecule has 0 aliphatic carbocycles. The van der Waals surface area contributed by atoms with Crippen LogP contribution in [0.2, 0.25) is 0 Å². The number of hydrogen-bond acceptors (Lipinski definition) is 5. The molecule has 6 heteroatoms. The zero-order valence-electron chi connectivity index (χ0n) is 13.0. The molecule has 1 rings (SSSR count). The van der Waals surface area contributed by atoms with E-state index in [0.717, 1.165) is 45.8 Å². The van der Waals surface area contributed by atoms with Gasteiger partial charge < -0.3 is 15.4 Å². The lowest BCUT2D eigenvalue weighted by Crippen LogP contribution is -2.37. The molecular weight excluding hydrogens is 268 g/mol. The van der Waals surface area contributed by atoms with Gasteiger partial charge in [0.25, 0.3) is 5.91 Å². The zero-order chi connectivity index (χ0) is 15.5. The minimum Gasteiger partial charge on any atom is -0.390 e. The zero-order valence-corrected chi connectivity index (χ0v) is 13.0. The van der Waals surface area contributed by atoms with E-state index in [-0.39, 0.29) is 11.5 Å². The second-order valence-corrected chi connectivity index (χ2v) is 5.54. The van der Waals surface area contributed by atoms with Crippen LogP contribution in [0.15, 0.2) is 11.8 Å². The number of hydrogen-bond donors (Lipinski definition) is 2. The molecule has 1 heterocycles. The summed E-state index contributed by atoms with van der Waals surface area (Å²) < 4.78 is 5.29. The normalized spacial score (nSPS) is 16.6. The molecule has 6 nitrogen and oxygen atoms in total. The highest BCUT2D eigenvalue weighted by atomic mass is 16.5. The lowest BCUT2D eigenvalue weighted by molar-refractivity contribution is -0.117. The molecule has 0 aromatic heterocycles. The van der Waals surface area contributed by atoms with Gasteiger partial charge in [-0.2, -0.15) is 5.26 Å². The first-order valence-corrected chi connectivity index (χ1v) is 7.55. The molecule has 2 N–H and O–H groups in total. The van der Waals surface area contributed by atoms with Gasteiger partial charge in [-0.25, -0.2) is 0 Å². The summed E-state index contributed by atoms with van der Waals surface area (Å²) in [6.07, 6.45) is 2.48. The van der Waals surface area contributed by atoms with Gasteiger partial charge in [0.05, 0.1) is 13.2 Å². The average Bonchev–Trinajstić information content (AvgIpc) is 2.49. The Morgan fingerprint density at radius 2 is 2.14 bits per heavy atom. The topological polar surface area (TPSA) is 77.4 Å². The number of carbonyl (C=O) groups excluding carboxylic acids is 1. The maximum absolute atomic E-state index is 11.7. The molecular formula is C15H26N4O2. The standard InChI is InChI=1S/C15H26N4O2/c1-13(2)11-18-15(20)14(10-16)12-17-4-3-5-19-6-8-21-9-7-19/h12-13,17H,3-9,11H2,1-2H3,(H,18,20)/b14-12-. The van der Waals surface area contributed by atoms with Crippen LogP contribution in [0, 0.1) is 17.2 Å². The maximum Gasteiger partial charge on any atom is 0.263 e. The molecule has 1 aliphatic rings.